The zero-order valence-electron chi connectivity index (χ0n) is 15.4. The number of ether oxygens (including phenoxy) is 1. The van der Waals surface area contributed by atoms with Crippen LogP contribution in [0.3, 0.4) is 0 Å². The number of anilines is 1. The average Bonchev–Trinajstić information content (AvgIpc) is 2.47. The van der Waals surface area contributed by atoms with E-state index >= 15 is 0 Å². The third-order valence-electron chi connectivity index (χ3n) is 2.64. The molecule has 1 atom stereocenters. The Kier molecular flexibility index (Phi) is 3.68. The van der Waals surface area contributed by atoms with Gasteiger partial charge >= 0.3 is 11.9 Å². The first-order valence-corrected chi connectivity index (χ1v) is 5.77. The number of aromatic carboxylic acids is 1. The van der Waals surface area contributed by atoms with E-state index in [4.69, 9.17) is 5.48 Å². The number of methoxy groups -OCH3 is 1. The summed E-state index contributed by atoms with van der Waals surface area (Å²) in [5.41, 5.74) is -0.872. The van der Waals surface area contributed by atoms with Gasteiger partial charge in [-0.25, -0.2) is 9.59 Å². The van der Waals surface area contributed by atoms with E-state index < -0.39 is 48.6 Å². The maximum atomic E-state index is 12.4. The predicted molar refractivity (Wildman–Crippen MR) is 74.6 cm³/mol. The Morgan fingerprint density at radius 1 is 1.43 bits per heavy atom. The number of hydrogen-bond acceptors (Lipinski definition) is 4. The van der Waals surface area contributed by atoms with Crippen LogP contribution in [0.25, 0.3) is 0 Å². The number of para-hydroxylation sites is 1. The van der Waals surface area contributed by atoms with E-state index in [0.717, 1.165) is 13.2 Å². The Hall–Kier alpha value is -2.41. The summed E-state index contributed by atoms with van der Waals surface area (Å²) in [5.74, 6) is -4.81. The Labute approximate surface area is 127 Å². The number of carboxylic acids is 2. The van der Waals surface area contributed by atoms with Crippen molar-refractivity contribution in [2.45, 2.75) is 19.8 Å². The second kappa shape index (κ2) is 6.85. The fourth-order valence-corrected chi connectivity index (χ4v) is 1.77. The molecule has 1 unspecified atom stereocenters. The number of nitrogens with zero attached hydrogens (tertiary/aromatic N) is 1. The van der Waals surface area contributed by atoms with Gasteiger partial charge in [0.05, 0.1) is 12.6 Å². The highest BCUT2D eigenvalue weighted by Crippen LogP contribution is 2.27. The van der Waals surface area contributed by atoms with Gasteiger partial charge in [-0.05, 0) is 25.4 Å². The molecular weight excluding hydrogens is 278 g/mol. The van der Waals surface area contributed by atoms with Gasteiger partial charge in [-0.2, -0.15) is 0 Å². The lowest BCUT2D eigenvalue weighted by Gasteiger charge is -2.29. The molecule has 0 radical (unpaired) electrons. The molecule has 7 heteroatoms. The molecule has 21 heavy (non-hydrogen) atoms. The van der Waals surface area contributed by atoms with Crippen molar-refractivity contribution in [3.05, 3.63) is 29.3 Å². The molecule has 1 aromatic rings. The Bertz CT molecular complexity index is 705. The minimum atomic E-state index is -3.47. The van der Waals surface area contributed by atoms with E-state index in [1.165, 1.54) is 19.1 Å². The van der Waals surface area contributed by atoms with Crippen LogP contribution in [0.15, 0.2) is 18.2 Å². The fraction of sp³-hybridized carbons (Fsp3) is 0.357. The van der Waals surface area contributed by atoms with Crippen molar-refractivity contribution in [2.24, 2.45) is 0 Å². The highest BCUT2D eigenvalue weighted by Gasteiger charge is 2.31. The molecule has 0 spiro atoms. The highest BCUT2D eigenvalue weighted by molar-refractivity contribution is 6.06. The lowest BCUT2D eigenvalue weighted by molar-refractivity contribution is -0.140. The quantitative estimate of drug-likeness (QED) is 0.816. The van der Waals surface area contributed by atoms with E-state index in [-0.39, 0.29) is 10.5 Å². The highest BCUT2D eigenvalue weighted by atomic mass is 16.5. The topological polar surface area (TPSA) is 104 Å². The number of benzene rings is 1. The third kappa shape index (κ3) is 3.57. The van der Waals surface area contributed by atoms with E-state index in [2.05, 4.69) is 4.74 Å². The van der Waals surface area contributed by atoms with Crippen LogP contribution >= 0.6 is 0 Å². The van der Waals surface area contributed by atoms with Gasteiger partial charge in [0.1, 0.15) is 12.6 Å². The second-order valence-electron chi connectivity index (χ2n) is 4.09. The number of rotatable bonds is 6. The van der Waals surface area contributed by atoms with E-state index in [0.29, 0.717) is 0 Å². The molecule has 0 bridgehead atoms. The van der Waals surface area contributed by atoms with Crippen LogP contribution in [-0.4, -0.2) is 47.8 Å². The van der Waals surface area contributed by atoms with E-state index in [9.17, 15) is 24.6 Å². The Balaban J connectivity index is 3.88. The van der Waals surface area contributed by atoms with Gasteiger partial charge in [0.2, 0.25) is 0 Å². The van der Waals surface area contributed by atoms with Gasteiger partial charge < -0.3 is 14.9 Å². The first-order chi connectivity index (χ1) is 11.4. The normalized spacial score (nSPS) is 16.7. The maximum absolute atomic E-state index is 12.4. The standard InChI is InChI=1S/C14H17NO6/c1-8-5-4-6-10(14(19)20)12(8)15(9(2)13(17)18)11(16)7-21-3/h4-6,9H,7H2,1-3H3,(H,17,18)(H,19,20)/i2D3,9D. The van der Waals surface area contributed by atoms with Gasteiger partial charge in [-0.1, -0.05) is 12.1 Å². The van der Waals surface area contributed by atoms with Crippen LogP contribution in [0, 0.1) is 6.92 Å². The van der Waals surface area contributed by atoms with Crippen molar-refractivity contribution in [1.29, 1.82) is 0 Å². The first kappa shape index (κ1) is 11.3. The number of carbonyl (C=O) groups excluding carboxylic acids is 1. The number of aryl methyl sites for hydroxylation is 1. The van der Waals surface area contributed by atoms with Crippen molar-refractivity contribution in [1.82, 2.24) is 0 Å². The van der Waals surface area contributed by atoms with Crippen molar-refractivity contribution < 1.29 is 34.8 Å². The van der Waals surface area contributed by atoms with Crippen molar-refractivity contribution in [3.8, 4) is 0 Å². The third-order valence-corrected chi connectivity index (χ3v) is 2.64. The molecule has 0 aliphatic rings. The second-order valence-corrected chi connectivity index (χ2v) is 4.09. The van der Waals surface area contributed by atoms with Gasteiger partial charge in [0, 0.05) is 11.2 Å². The number of carbonyl (C=O) groups is 3. The molecular formula is C14H17NO6. The van der Waals surface area contributed by atoms with Crippen molar-refractivity contribution >= 4 is 23.5 Å². The minimum Gasteiger partial charge on any atom is -0.480 e. The number of carboxylic acid groups (broad SMARTS) is 2. The zero-order chi connectivity index (χ0) is 19.6. The smallest absolute Gasteiger partial charge is 0.337 e. The van der Waals surface area contributed by atoms with E-state index in [1.807, 2.05) is 0 Å². The SMILES string of the molecule is [2H]C([2H])([2H])C([2H])(C(=O)O)N(C(=O)COC)c1c(C)cccc1C(=O)O. The molecule has 0 aromatic heterocycles. The maximum Gasteiger partial charge on any atom is 0.337 e. The van der Waals surface area contributed by atoms with Gasteiger partial charge in [0.25, 0.3) is 5.91 Å². The molecule has 1 rings (SSSR count). The van der Waals surface area contributed by atoms with Crippen molar-refractivity contribution in [2.75, 3.05) is 18.6 Å². The molecule has 2 N–H and O–H groups in total. The molecule has 0 fully saturated rings. The fourth-order valence-electron chi connectivity index (χ4n) is 1.77. The molecule has 1 amide bonds. The van der Waals surface area contributed by atoms with Gasteiger partial charge in [-0.3, -0.25) is 9.69 Å². The summed E-state index contributed by atoms with van der Waals surface area (Å²) in [6.45, 7) is -2.84. The minimum absolute atomic E-state index is 0.117. The molecule has 114 valence electrons. The molecule has 0 saturated carbocycles. The molecule has 0 aliphatic carbocycles. The van der Waals surface area contributed by atoms with Gasteiger partial charge in [-0.15, -0.1) is 0 Å². The van der Waals surface area contributed by atoms with Crippen LogP contribution in [0.4, 0.5) is 5.69 Å². The van der Waals surface area contributed by atoms with Crippen LogP contribution in [-0.2, 0) is 14.3 Å². The monoisotopic (exact) mass is 299 g/mol. The summed E-state index contributed by atoms with van der Waals surface area (Å²) < 4.78 is 35.1. The lowest BCUT2D eigenvalue weighted by atomic mass is 10.0. The van der Waals surface area contributed by atoms with E-state index in [1.54, 1.807) is 0 Å². The molecule has 1 aromatic carbocycles. The molecule has 0 saturated heterocycles. The summed E-state index contributed by atoms with van der Waals surface area (Å²) in [4.78, 5) is 35.7. The Morgan fingerprint density at radius 2 is 2.10 bits per heavy atom. The average molecular weight is 299 g/mol. The number of hydrogen-bond donors (Lipinski definition) is 2. The summed E-state index contributed by atoms with van der Waals surface area (Å²) in [5, 5.41) is 18.7. The summed E-state index contributed by atoms with van der Waals surface area (Å²) >= 11 is 0. The molecule has 7 nitrogen and oxygen atoms in total. The summed E-state index contributed by atoms with van der Waals surface area (Å²) in [7, 11) is 1.12. The zero-order valence-corrected chi connectivity index (χ0v) is 11.4. The van der Waals surface area contributed by atoms with Gasteiger partial charge in [0.15, 0.2) is 0 Å². The largest absolute Gasteiger partial charge is 0.480 e. The number of aliphatic carboxylic acids is 1. The summed E-state index contributed by atoms with van der Waals surface area (Å²) in [6.07, 6.45) is 0. The number of amides is 1. The first-order valence-electron chi connectivity index (χ1n) is 7.77. The molecule has 0 aliphatic heterocycles. The predicted octanol–water partition coefficient (Wildman–Crippen LogP) is 1.15. The van der Waals surface area contributed by atoms with Crippen molar-refractivity contribution in [3.63, 3.8) is 0 Å². The molecule has 0 heterocycles. The van der Waals surface area contributed by atoms with Crippen LogP contribution in [0.2, 0.25) is 0 Å². The van der Waals surface area contributed by atoms with Crippen LogP contribution in [0.5, 0.6) is 0 Å². The lowest BCUT2D eigenvalue weighted by Crippen LogP contribution is -2.46. The van der Waals surface area contributed by atoms with Crippen LogP contribution in [0.1, 0.15) is 28.3 Å². The summed E-state index contributed by atoms with van der Waals surface area (Å²) in [6, 6.07) is 0.359. The van der Waals surface area contributed by atoms with Crippen LogP contribution < -0.4 is 4.90 Å². The Morgan fingerprint density at radius 3 is 2.57 bits per heavy atom.